The molecule has 27 heavy (non-hydrogen) atoms. The van der Waals surface area contributed by atoms with Crippen LogP contribution in [0.5, 0.6) is 0 Å². The van der Waals surface area contributed by atoms with Crippen LogP contribution in [-0.4, -0.2) is 72.6 Å². The maximum atomic E-state index is 12.6. The molecule has 1 aromatic heterocycles. The van der Waals surface area contributed by atoms with Gasteiger partial charge in [0.2, 0.25) is 11.8 Å². The molecule has 0 spiro atoms. The van der Waals surface area contributed by atoms with Crippen LogP contribution < -0.4 is 5.32 Å². The number of rotatable bonds is 7. The Labute approximate surface area is 165 Å². The fraction of sp³-hybridized carbons (Fsp3) is 0.700. The third-order valence-electron chi connectivity index (χ3n) is 5.23. The Morgan fingerprint density at radius 3 is 2.78 bits per heavy atom. The van der Waals surface area contributed by atoms with Gasteiger partial charge >= 0.3 is 0 Å². The van der Waals surface area contributed by atoms with Gasteiger partial charge in [0.25, 0.3) is 0 Å². The van der Waals surface area contributed by atoms with Crippen molar-refractivity contribution in [3.8, 4) is 0 Å². The number of ether oxygens (including phenoxy) is 1. The van der Waals surface area contributed by atoms with Crippen molar-refractivity contribution in [1.29, 1.82) is 0 Å². The molecule has 1 N–H and O–H groups in total. The molecule has 0 aromatic carbocycles. The van der Waals surface area contributed by atoms with Gasteiger partial charge in [-0.15, -0.1) is 11.3 Å². The van der Waals surface area contributed by atoms with E-state index in [1.165, 1.54) is 0 Å². The summed E-state index contributed by atoms with van der Waals surface area (Å²) < 4.78 is 5.75. The zero-order chi connectivity index (χ0) is 19.2. The van der Waals surface area contributed by atoms with E-state index in [0.717, 1.165) is 43.8 Å². The Hall–Kier alpha value is -1.44. The van der Waals surface area contributed by atoms with Gasteiger partial charge in [-0.2, -0.15) is 0 Å². The summed E-state index contributed by atoms with van der Waals surface area (Å²) in [4.78, 5) is 30.4. The highest BCUT2D eigenvalue weighted by Crippen LogP contribution is 2.20. The van der Waals surface area contributed by atoms with E-state index in [0.29, 0.717) is 19.5 Å². The number of amides is 2. The third-order valence-corrected chi connectivity index (χ3v) is 6.10. The number of hydrogen-bond donors (Lipinski definition) is 1. The lowest BCUT2D eigenvalue weighted by atomic mass is 10.2. The minimum atomic E-state index is -0.305. The van der Waals surface area contributed by atoms with Gasteiger partial charge < -0.3 is 15.0 Å². The zero-order valence-corrected chi connectivity index (χ0v) is 17.2. The largest absolute Gasteiger partial charge is 0.373 e. The van der Waals surface area contributed by atoms with E-state index in [4.69, 9.17) is 4.74 Å². The Kier molecular flexibility index (Phi) is 7.26. The highest BCUT2D eigenvalue weighted by atomic mass is 32.1. The maximum Gasteiger partial charge on any atom is 0.242 e. The second kappa shape index (κ2) is 9.66. The molecular weight excluding hydrogens is 362 g/mol. The Morgan fingerprint density at radius 1 is 1.30 bits per heavy atom. The molecule has 2 aliphatic rings. The molecule has 3 heterocycles. The number of nitrogens with zero attached hydrogens (tertiary/aromatic N) is 2. The van der Waals surface area contributed by atoms with Crippen LogP contribution in [-0.2, 0) is 20.7 Å². The highest BCUT2D eigenvalue weighted by Gasteiger charge is 2.33. The second-order valence-corrected chi connectivity index (χ2v) is 8.70. The molecule has 2 saturated heterocycles. The lowest BCUT2D eigenvalue weighted by Crippen LogP contribution is -2.48. The topological polar surface area (TPSA) is 61.9 Å². The SMILES string of the molecule is CC1CN(CCCNC(=O)C2CCCN2C(=O)Cc2cccs2)CC(C)O1. The van der Waals surface area contributed by atoms with E-state index in [1.807, 2.05) is 17.5 Å². The molecule has 6 nitrogen and oxygen atoms in total. The van der Waals surface area contributed by atoms with Gasteiger partial charge in [0.15, 0.2) is 0 Å². The maximum absolute atomic E-state index is 12.6. The molecule has 7 heteroatoms. The minimum absolute atomic E-state index is 0.00394. The summed E-state index contributed by atoms with van der Waals surface area (Å²) in [5.74, 6) is 0.0575. The van der Waals surface area contributed by atoms with Crippen molar-refractivity contribution < 1.29 is 14.3 Å². The van der Waals surface area contributed by atoms with Crippen LogP contribution in [0.1, 0.15) is 38.0 Å². The van der Waals surface area contributed by atoms with Crippen LogP contribution in [0.25, 0.3) is 0 Å². The Morgan fingerprint density at radius 2 is 2.07 bits per heavy atom. The first-order valence-corrected chi connectivity index (χ1v) is 10.9. The van der Waals surface area contributed by atoms with E-state index in [2.05, 4.69) is 24.1 Å². The van der Waals surface area contributed by atoms with Gasteiger partial charge in [0.1, 0.15) is 6.04 Å². The molecule has 150 valence electrons. The van der Waals surface area contributed by atoms with Gasteiger partial charge in [-0.25, -0.2) is 0 Å². The van der Waals surface area contributed by atoms with E-state index in [1.54, 1.807) is 16.2 Å². The summed E-state index contributed by atoms with van der Waals surface area (Å²) in [6.07, 6.45) is 3.52. The van der Waals surface area contributed by atoms with Crippen molar-refractivity contribution in [2.75, 3.05) is 32.7 Å². The first-order chi connectivity index (χ1) is 13.0. The quantitative estimate of drug-likeness (QED) is 0.719. The molecule has 3 atom stereocenters. The van der Waals surface area contributed by atoms with Crippen LogP contribution in [0.4, 0.5) is 0 Å². The molecule has 3 rings (SSSR count). The summed E-state index contributed by atoms with van der Waals surface area (Å²) in [6, 6.07) is 3.62. The standard InChI is InChI=1S/C20H31N3O3S/c1-15-13-22(14-16(2)26-15)9-5-8-21-20(25)18-7-3-10-23(18)19(24)12-17-6-4-11-27-17/h4,6,11,15-16,18H,3,5,7-10,12-14H2,1-2H3,(H,21,25). The number of carbonyl (C=O) groups is 2. The number of likely N-dealkylation sites (tertiary alicyclic amines) is 1. The van der Waals surface area contributed by atoms with Crippen molar-refractivity contribution >= 4 is 23.2 Å². The van der Waals surface area contributed by atoms with Gasteiger partial charge in [-0.1, -0.05) is 6.07 Å². The lowest BCUT2D eigenvalue weighted by molar-refractivity contribution is -0.137. The van der Waals surface area contributed by atoms with E-state index in [-0.39, 0.29) is 30.1 Å². The van der Waals surface area contributed by atoms with Crippen LogP contribution in [0, 0.1) is 0 Å². The first-order valence-electron chi connectivity index (χ1n) is 10.0. The fourth-order valence-corrected chi connectivity index (χ4v) is 4.80. The third kappa shape index (κ3) is 5.77. The number of carbonyl (C=O) groups excluding carboxylic acids is 2. The zero-order valence-electron chi connectivity index (χ0n) is 16.4. The molecule has 0 bridgehead atoms. The predicted octanol–water partition coefficient (Wildman–Crippen LogP) is 1.90. The number of hydrogen-bond acceptors (Lipinski definition) is 5. The molecule has 0 radical (unpaired) electrons. The van der Waals surface area contributed by atoms with E-state index < -0.39 is 0 Å². The van der Waals surface area contributed by atoms with Gasteiger partial charge in [0, 0.05) is 37.6 Å². The molecule has 2 amide bonds. The number of thiophene rings is 1. The summed E-state index contributed by atoms with van der Waals surface area (Å²) >= 11 is 1.59. The molecule has 1 aromatic rings. The Bertz CT molecular complexity index is 612. The van der Waals surface area contributed by atoms with Gasteiger partial charge in [-0.3, -0.25) is 14.5 Å². The number of morpholine rings is 1. The van der Waals surface area contributed by atoms with Crippen LogP contribution in [0.2, 0.25) is 0 Å². The number of nitrogens with one attached hydrogen (secondary N) is 1. The molecule has 2 aliphatic heterocycles. The monoisotopic (exact) mass is 393 g/mol. The van der Waals surface area contributed by atoms with Crippen LogP contribution in [0.15, 0.2) is 17.5 Å². The highest BCUT2D eigenvalue weighted by molar-refractivity contribution is 7.10. The normalized spacial score (nSPS) is 26.3. The predicted molar refractivity (Wildman–Crippen MR) is 107 cm³/mol. The summed E-state index contributed by atoms with van der Waals surface area (Å²) in [7, 11) is 0. The lowest BCUT2D eigenvalue weighted by Gasteiger charge is -2.35. The van der Waals surface area contributed by atoms with E-state index >= 15 is 0 Å². The van der Waals surface area contributed by atoms with Crippen molar-refractivity contribution in [2.24, 2.45) is 0 Å². The first kappa shape index (κ1) is 20.3. The molecule has 2 fully saturated rings. The fourth-order valence-electron chi connectivity index (χ4n) is 4.10. The molecule has 0 aliphatic carbocycles. The van der Waals surface area contributed by atoms with Crippen molar-refractivity contribution in [3.05, 3.63) is 22.4 Å². The van der Waals surface area contributed by atoms with E-state index in [9.17, 15) is 9.59 Å². The van der Waals surface area contributed by atoms with Crippen LogP contribution in [0.3, 0.4) is 0 Å². The summed E-state index contributed by atoms with van der Waals surface area (Å²) in [5, 5.41) is 5.02. The Balaban J connectivity index is 1.40. The van der Waals surface area contributed by atoms with Gasteiger partial charge in [0.05, 0.1) is 18.6 Å². The minimum Gasteiger partial charge on any atom is -0.373 e. The second-order valence-electron chi connectivity index (χ2n) is 7.66. The summed E-state index contributed by atoms with van der Waals surface area (Å²) in [6.45, 7) is 8.41. The van der Waals surface area contributed by atoms with Crippen molar-refractivity contribution in [2.45, 2.75) is 57.8 Å². The van der Waals surface area contributed by atoms with Crippen molar-refractivity contribution in [3.63, 3.8) is 0 Å². The van der Waals surface area contributed by atoms with Crippen molar-refractivity contribution in [1.82, 2.24) is 15.1 Å². The smallest absolute Gasteiger partial charge is 0.242 e. The molecule has 3 unspecified atom stereocenters. The summed E-state index contributed by atoms with van der Waals surface area (Å²) in [5.41, 5.74) is 0. The van der Waals surface area contributed by atoms with Crippen LogP contribution >= 0.6 is 11.3 Å². The molecular formula is C20H31N3O3S. The van der Waals surface area contributed by atoms with Gasteiger partial charge in [-0.05, 0) is 44.6 Å². The average Bonchev–Trinajstić information content (AvgIpc) is 3.29. The average molecular weight is 394 g/mol. The molecule has 0 saturated carbocycles.